The molecule has 1 saturated heterocycles. The Bertz CT molecular complexity index is 935. The molecule has 1 aliphatic heterocycles. The first kappa shape index (κ1) is 27.1. The van der Waals surface area contributed by atoms with Crippen LogP contribution in [0.2, 0.25) is 0 Å². The smallest absolute Gasteiger partial charge is 0.251 e. The molecule has 0 atom stereocenters. The maximum Gasteiger partial charge on any atom is 0.251 e. The third-order valence-electron chi connectivity index (χ3n) is 6.76. The third-order valence-corrected chi connectivity index (χ3v) is 6.76. The van der Waals surface area contributed by atoms with E-state index < -0.39 is 0 Å². The first-order chi connectivity index (χ1) is 18.3. The van der Waals surface area contributed by atoms with Crippen molar-refractivity contribution in [1.29, 1.82) is 0 Å². The van der Waals surface area contributed by atoms with Gasteiger partial charge in [0, 0.05) is 38.3 Å². The molecule has 1 aliphatic carbocycles. The summed E-state index contributed by atoms with van der Waals surface area (Å²) >= 11 is 0. The summed E-state index contributed by atoms with van der Waals surface area (Å²) in [5, 5.41) is 9.59. The van der Waals surface area contributed by atoms with Crippen molar-refractivity contribution in [2.45, 2.75) is 44.9 Å². The van der Waals surface area contributed by atoms with E-state index in [2.05, 4.69) is 30.8 Å². The number of hydrogen-bond acceptors (Lipinski definition) is 9. The Balaban J connectivity index is 1.11. The molecule has 3 N–H and O–H groups in total. The fourth-order valence-corrected chi connectivity index (χ4v) is 4.69. The largest absolute Gasteiger partial charge is 0.377 e. The molecule has 2 aromatic rings. The van der Waals surface area contributed by atoms with Gasteiger partial charge in [-0.3, -0.25) is 4.79 Å². The second-order valence-electron chi connectivity index (χ2n) is 9.64. The number of rotatable bonds is 15. The van der Waals surface area contributed by atoms with E-state index in [9.17, 15) is 4.79 Å². The van der Waals surface area contributed by atoms with Crippen LogP contribution >= 0.6 is 0 Å². The van der Waals surface area contributed by atoms with Crippen molar-refractivity contribution in [2.75, 3.05) is 74.7 Å². The van der Waals surface area contributed by atoms with Crippen molar-refractivity contribution >= 4 is 23.8 Å². The molecule has 1 aromatic carbocycles. The molecule has 0 spiro atoms. The minimum atomic E-state index is -0.0925. The second kappa shape index (κ2) is 15.3. The molecule has 0 unspecified atom stereocenters. The van der Waals surface area contributed by atoms with Crippen LogP contribution in [-0.2, 0) is 9.47 Å². The number of nitrogens with zero attached hydrogens (tertiary/aromatic N) is 4. The highest BCUT2D eigenvalue weighted by Gasteiger charge is 2.18. The number of aromatic nitrogens is 3. The number of nitrogens with one attached hydrogen (secondary N) is 3. The van der Waals surface area contributed by atoms with E-state index in [-0.39, 0.29) is 5.91 Å². The van der Waals surface area contributed by atoms with Gasteiger partial charge in [0.25, 0.3) is 5.91 Å². The van der Waals surface area contributed by atoms with Crippen LogP contribution < -0.4 is 20.9 Å². The summed E-state index contributed by atoms with van der Waals surface area (Å²) in [6.45, 7) is 5.88. The van der Waals surface area contributed by atoms with Gasteiger partial charge < -0.3 is 30.3 Å². The number of ether oxygens (including phenoxy) is 2. The van der Waals surface area contributed by atoms with Crippen molar-refractivity contribution in [2.24, 2.45) is 5.92 Å². The van der Waals surface area contributed by atoms with Gasteiger partial charge in [-0.1, -0.05) is 37.5 Å². The summed E-state index contributed by atoms with van der Waals surface area (Å²) < 4.78 is 11.2. The molecule has 0 bridgehead atoms. The average Bonchev–Trinajstić information content (AvgIpc) is 3.49. The fraction of sp³-hybridized carbons (Fsp3) is 0.630. The standard InChI is InChI=1S/C27H41N7O3/c35-24(23-11-5-2-6-12-23)28-13-17-36-19-20-37-18-14-29-25-31-26(30-21-22-9-3-1-4-10-22)33-27(32-25)34-15-7-8-16-34/h2,5-6,11-12,22H,1,3-4,7-10,13-21H2,(H,28,35)(H2,29,30,31,32,33). The van der Waals surface area contributed by atoms with Gasteiger partial charge >= 0.3 is 0 Å². The Morgan fingerprint density at radius 1 is 0.811 bits per heavy atom. The third kappa shape index (κ3) is 9.44. The highest BCUT2D eigenvalue weighted by molar-refractivity contribution is 5.94. The lowest BCUT2D eigenvalue weighted by atomic mass is 9.89. The summed E-state index contributed by atoms with van der Waals surface area (Å²) in [4.78, 5) is 28.2. The van der Waals surface area contributed by atoms with Crippen LogP contribution in [0.4, 0.5) is 17.8 Å². The van der Waals surface area contributed by atoms with Crippen molar-refractivity contribution in [3.8, 4) is 0 Å². The lowest BCUT2D eigenvalue weighted by Gasteiger charge is -2.22. The van der Waals surface area contributed by atoms with Crippen LogP contribution in [0.25, 0.3) is 0 Å². The predicted octanol–water partition coefficient (Wildman–Crippen LogP) is 3.34. The molecule has 202 valence electrons. The minimum absolute atomic E-state index is 0.0925. The van der Waals surface area contributed by atoms with Crippen molar-refractivity contribution in [3.63, 3.8) is 0 Å². The van der Waals surface area contributed by atoms with Crippen LogP contribution in [0.5, 0.6) is 0 Å². The molecule has 1 amide bonds. The molecule has 10 heteroatoms. The summed E-state index contributed by atoms with van der Waals surface area (Å²) in [5.41, 5.74) is 0.649. The fourth-order valence-electron chi connectivity index (χ4n) is 4.69. The molecule has 10 nitrogen and oxygen atoms in total. The maximum atomic E-state index is 12.0. The van der Waals surface area contributed by atoms with E-state index in [4.69, 9.17) is 14.5 Å². The topological polar surface area (TPSA) is 114 Å². The van der Waals surface area contributed by atoms with Crippen LogP contribution in [0, 0.1) is 5.92 Å². The highest BCUT2D eigenvalue weighted by Crippen LogP contribution is 2.24. The van der Waals surface area contributed by atoms with Crippen LogP contribution in [0.3, 0.4) is 0 Å². The first-order valence-electron chi connectivity index (χ1n) is 13.8. The Morgan fingerprint density at radius 3 is 2.22 bits per heavy atom. The summed E-state index contributed by atoms with van der Waals surface area (Å²) in [6, 6.07) is 9.16. The minimum Gasteiger partial charge on any atom is -0.377 e. The molecule has 2 heterocycles. The molecular weight excluding hydrogens is 470 g/mol. The number of anilines is 3. The van der Waals surface area contributed by atoms with E-state index in [0.717, 1.165) is 25.6 Å². The predicted molar refractivity (Wildman–Crippen MR) is 145 cm³/mol. The Hall–Kier alpha value is -2.98. The summed E-state index contributed by atoms with van der Waals surface area (Å²) in [6.07, 6.45) is 8.92. The summed E-state index contributed by atoms with van der Waals surface area (Å²) in [7, 11) is 0. The van der Waals surface area contributed by atoms with Gasteiger partial charge in [-0.15, -0.1) is 0 Å². The van der Waals surface area contributed by atoms with Gasteiger partial charge in [-0.25, -0.2) is 0 Å². The highest BCUT2D eigenvalue weighted by atomic mass is 16.5. The first-order valence-corrected chi connectivity index (χ1v) is 13.8. The number of carbonyl (C=O) groups excluding carboxylic acids is 1. The Kier molecular flexibility index (Phi) is 11.2. The summed E-state index contributed by atoms with van der Waals surface area (Å²) in [5.74, 6) is 2.59. The van der Waals surface area contributed by atoms with Crippen LogP contribution in [0.15, 0.2) is 30.3 Å². The zero-order valence-electron chi connectivity index (χ0n) is 21.8. The zero-order valence-corrected chi connectivity index (χ0v) is 21.8. The lowest BCUT2D eigenvalue weighted by molar-refractivity contribution is 0.0519. The van der Waals surface area contributed by atoms with Gasteiger partial charge in [0.05, 0.1) is 26.4 Å². The molecule has 2 fully saturated rings. The SMILES string of the molecule is O=C(NCCOCCOCCNc1nc(NCC2CCCCC2)nc(N2CCCC2)n1)c1ccccc1. The zero-order chi connectivity index (χ0) is 25.5. The number of amides is 1. The molecule has 1 saturated carbocycles. The lowest BCUT2D eigenvalue weighted by Crippen LogP contribution is -2.27. The van der Waals surface area contributed by atoms with Gasteiger partial charge in [0.15, 0.2) is 0 Å². The van der Waals surface area contributed by atoms with Gasteiger partial charge in [-0.2, -0.15) is 15.0 Å². The van der Waals surface area contributed by atoms with Crippen molar-refractivity contribution in [1.82, 2.24) is 20.3 Å². The van der Waals surface area contributed by atoms with Crippen molar-refractivity contribution in [3.05, 3.63) is 35.9 Å². The van der Waals surface area contributed by atoms with Crippen LogP contribution in [-0.4, -0.2) is 80.0 Å². The van der Waals surface area contributed by atoms with Crippen molar-refractivity contribution < 1.29 is 14.3 Å². The number of benzene rings is 1. The van der Waals surface area contributed by atoms with Gasteiger partial charge in [-0.05, 0) is 43.7 Å². The molecule has 2 aliphatic rings. The maximum absolute atomic E-state index is 12.0. The van der Waals surface area contributed by atoms with E-state index in [1.165, 1.54) is 44.9 Å². The molecule has 37 heavy (non-hydrogen) atoms. The average molecular weight is 512 g/mol. The number of hydrogen-bond donors (Lipinski definition) is 3. The number of carbonyl (C=O) groups is 1. The van der Waals surface area contributed by atoms with Crippen LogP contribution in [0.1, 0.15) is 55.3 Å². The van der Waals surface area contributed by atoms with Gasteiger partial charge in [0.1, 0.15) is 0 Å². The molecule has 1 aromatic heterocycles. The Morgan fingerprint density at radius 2 is 1.49 bits per heavy atom. The van der Waals surface area contributed by atoms with E-state index in [0.29, 0.717) is 62.9 Å². The Labute approximate surface area is 220 Å². The normalized spacial score (nSPS) is 16.1. The van der Waals surface area contributed by atoms with E-state index in [1.54, 1.807) is 12.1 Å². The molecular formula is C27H41N7O3. The quantitative estimate of drug-likeness (QED) is 0.310. The monoisotopic (exact) mass is 511 g/mol. The van der Waals surface area contributed by atoms with Gasteiger partial charge in [0.2, 0.25) is 17.8 Å². The second-order valence-corrected chi connectivity index (χ2v) is 9.64. The van der Waals surface area contributed by atoms with E-state index >= 15 is 0 Å². The molecule has 0 radical (unpaired) electrons. The molecule has 4 rings (SSSR count). The van der Waals surface area contributed by atoms with E-state index in [1.807, 2.05) is 18.2 Å².